The molecule has 6 nitrogen and oxygen atoms in total. The van der Waals surface area contributed by atoms with Crippen LogP contribution in [0.5, 0.6) is 0 Å². The highest BCUT2D eigenvalue weighted by molar-refractivity contribution is 5.47. The van der Waals surface area contributed by atoms with Crippen LogP contribution < -0.4 is 5.43 Å². The molecule has 2 heterocycles. The van der Waals surface area contributed by atoms with Gasteiger partial charge in [-0.05, 0) is 30.7 Å². The molecule has 0 fully saturated rings. The number of aromatic nitrogens is 3. The lowest BCUT2D eigenvalue weighted by Gasteiger charge is -2.06. The first-order chi connectivity index (χ1) is 11.3. The molecule has 0 aromatic carbocycles. The van der Waals surface area contributed by atoms with Crippen molar-refractivity contribution in [3.63, 3.8) is 0 Å². The number of nitrogens with zero attached hydrogens (tertiary/aromatic N) is 5. The third-order valence-corrected chi connectivity index (χ3v) is 3.01. The van der Waals surface area contributed by atoms with Gasteiger partial charge in [-0.2, -0.15) is 23.4 Å². The second-order valence-corrected chi connectivity index (χ2v) is 4.81. The molecule has 2 aromatic rings. The zero-order valence-electron chi connectivity index (χ0n) is 12.9. The van der Waals surface area contributed by atoms with E-state index in [1.165, 1.54) is 0 Å². The first kappa shape index (κ1) is 17.4. The minimum Gasteiger partial charge on any atom is -0.256 e. The summed E-state index contributed by atoms with van der Waals surface area (Å²) in [6.07, 6.45) is -1.32. The summed E-state index contributed by atoms with van der Waals surface area (Å²) >= 11 is 0. The summed E-state index contributed by atoms with van der Waals surface area (Å²) in [6.45, 7) is 8.43. The minimum atomic E-state index is -4.56. The van der Waals surface area contributed by atoms with Gasteiger partial charge in [0.2, 0.25) is 0 Å². The number of hydrogen-bond acceptors (Lipinski definition) is 4. The summed E-state index contributed by atoms with van der Waals surface area (Å²) < 4.78 is 38.3. The van der Waals surface area contributed by atoms with Gasteiger partial charge in [0, 0.05) is 6.20 Å². The summed E-state index contributed by atoms with van der Waals surface area (Å²) in [4.78, 5) is 4.27. The molecule has 0 aliphatic rings. The van der Waals surface area contributed by atoms with Crippen molar-refractivity contribution in [1.29, 1.82) is 0 Å². The van der Waals surface area contributed by atoms with Crippen LogP contribution in [0, 0.1) is 6.92 Å². The van der Waals surface area contributed by atoms with E-state index in [4.69, 9.17) is 0 Å². The second kappa shape index (κ2) is 7.07. The van der Waals surface area contributed by atoms with Gasteiger partial charge < -0.3 is 0 Å². The van der Waals surface area contributed by atoms with Crippen LogP contribution in [-0.4, -0.2) is 20.9 Å². The van der Waals surface area contributed by atoms with Gasteiger partial charge in [0.25, 0.3) is 0 Å². The van der Waals surface area contributed by atoms with E-state index in [-0.39, 0.29) is 6.54 Å². The Kier molecular flexibility index (Phi) is 5.12. The number of nitrogens with one attached hydrogen (secondary N) is 1. The third kappa shape index (κ3) is 4.06. The van der Waals surface area contributed by atoms with Gasteiger partial charge in [0.15, 0.2) is 5.82 Å². The molecular weight excluding hydrogens is 321 g/mol. The number of rotatable bonds is 6. The fourth-order valence-corrected chi connectivity index (χ4v) is 1.81. The zero-order valence-corrected chi connectivity index (χ0v) is 12.9. The van der Waals surface area contributed by atoms with Crippen LogP contribution in [0.15, 0.2) is 53.6 Å². The topological polar surface area (TPSA) is 67.5 Å². The van der Waals surface area contributed by atoms with E-state index in [9.17, 15) is 13.2 Å². The average Bonchev–Trinajstić information content (AvgIpc) is 2.94. The van der Waals surface area contributed by atoms with Crippen molar-refractivity contribution < 1.29 is 13.2 Å². The molecule has 0 amide bonds. The van der Waals surface area contributed by atoms with E-state index in [1.54, 1.807) is 28.4 Å². The van der Waals surface area contributed by atoms with Gasteiger partial charge in [-0.25, -0.2) is 9.67 Å². The summed E-state index contributed by atoms with van der Waals surface area (Å²) in [7, 11) is 0. The Morgan fingerprint density at radius 2 is 2.21 bits per heavy atom. The third-order valence-electron chi connectivity index (χ3n) is 3.01. The standard InChI is InChI=1S/C15H15F3N6/c1-4-13-8-12(9-20-23-21-11(3)15(16,17)18)22-24(13)14-10(2)6-5-7-19-14/h4-8H,1,3,9H2,2H3,(H,20,21). The van der Waals surface area contributed by atoms with Crippen molar-refractivity contribution >= 4 is 6.08 Å². The van der Waals surface area contributed by atoms with Crippen molar-refractivity contribution in [1.82, 2.24) is 20.2 Å². The quantitative estimate of drug-likeness (QED) is 0.645. The summed E-state index contributed by atoms with van der Waals surface area (Å²) in [5.41, 5.74) is 2.67. The Labute approximate surface area is 136 Å². The van der Waals surface area contributed by atoms with Gasteiger partial charge in [0.1, 0.15) is 12.2 Å². The van der Waals surface area contributed by atoms with Crippen molar-refractivity contribution in [3.05, 3.63) is 60.2 Å². The summed E-state index contributed by atoms with van der Waals surface area (Å²) in [6, 6.07) is 5.41. The van der Waals surface area contributed by atoms with E-state index in [1.807, 2.05) is 19.1 Å². The fraction of sp³-hybridized carbons (Fsp3) is 0.200. The molecule has 2 aromatic heterocycles. The SMILES string of the molecule is C=Cc1cc(CN=NNC(=C)C(F)(F)F)nn1-c1ncccc1C. The van der Waals surface area contributed by atoms with Gasteiger partial charge >= 0.3 is 6.18 Å². The van der Waals surface area contributed by atoms with Gasteiger partial charge in [-0.1, -0.05) is 24.4 Å². The van der Waals surface area contributed by atoms with Gasteiger partial charge in [-0.15, -0.1) is 0 Å². The van der Waals surface area contributed by atoms with Crippen molar-refractivity contribution in [2.24, 2.45) is 10.3 Å². The van der Waals surface area contributed by atoms with Crippen LogP contribution in [0.4, 0.5) is 13.2 Å². The molecule has 9 heteroatoms. The zero-order chi connectivity index (χ0) is 17.7. The van der Waals surface area contributed by atoms with Crippen LogP contribution in [0.3, 0.4) is 0 Å². The summed E-state index contributed by atoms with van der Waals surface area (Å²) in [5, 5.41) is 11.2. The van der Waals surface area contributed by atoms with Crippen molar-refractivity contribution in [3.8, 4) is 5.82 Å². The molecule has 0 aliphatic carbocycles. The van der Waals surface area contributed by atoms with E-state index < -0.39 is 11.9 Å². The molecule has 0 atom stereocenters. The molecule has 1 N–H and O–H groups in total. The van der Waals surface area contributed by atoms with Crippen LogP contribution in [0.1, 0.15) is 17.0 Å². The maximum absolute atomic E-state index is 12.2. The van der Waals surface area contributed by atoms with Crippen LogP contribution >= 0.6 is 0 Å². The van der Waals surface area contributed by atoms with Gasteiger partial charge in [-0.3, -0.25) is 5.43 Å². The lowest BCUT2D eigenvalue weighted by atomic mass is 10.3. The number of hydrogen-bond donors (Lipinski definition) is 1. The Morgan fingerprint density at radius 1 is 1.46 bits per heavy atom. The first-order valence-corrected chi connectivity index (χ1v) is 6.85. The Bertz CT molecular complexity index is 776. The first-order valence-electron chi connectivity index (χ1n) is 6.85. The van der Waals surface area contributed by atoms with E-state index >= 15 is 0 Å². The van der Waals surface area contributed by atoms with E-state index in [2.05, 4.69) is 33.6 Å². The molecule has 0 bridgehead atoms. The highest BCUT2D eigenvalue weighted by Gasteiger charge is 2.32. The molecule has 2 rings (SSSR count). The number of allylic oxidation sites excluding steroid dienone is 1. The molecule has 0 saturated carbocycles. The molecule has 0 aliphatic heterocycles. The lowest BCUT2D eigenvalue weighted by molar-refractivity contribution is -0.0964. The van der Waals surface area contributed by atoms with Crippen LogP contribution in [-0.2, 0) is 6.54 Å². The highest BCUT2D eigenvalue weighted by Crippen LogP contribution is 2.21. The molecule has 0 unspecified atom stereocenters. The fourth-order valence-electron chi connectivity index (χ4n) is 1.81. The highest BCUT2D eigenvalue weighted by atomic mass is 19.4. The number of aryl methyl sites for hydroxylation is 1. The predicted molar refractivity (Wildman–Crippen MR) is 83.1 cm³/mol. The Morgan fingerprint density at radius 3 is 2.83 bits per heavy atom. The molecule has 0 spiro atoms. The van der Waals surface area contributed by atoms with E-state index in [0.29, 0.717) is 17.2 Å². The monoisotopic (exact) mass is 336 g/mol. The van der Waals surface area contributed by atoms with Gasteiger partial charge in [0.05, 0.1) is 11.4 Å². The smallest absolute Gasteiger partial charge is 0.256 e. The van der Waals surface area contributed by atoms with E-state index in [0.717, 1.165) is 5.56 Å². The molecule has 126 valence electrons. The average molecular weight is 336 g/mol. The second-order valence-electron chi connectivity index (χ2n) is 4.81. The number of pyridine rings is 1. The Hall–Kier alpha value is -2.97. The lowest BCUT2D eigenvalue weighted by Crippen LogP contribution is -2.20. The normalized spacial score (nSPS) is 11.7. The maximum Gasteiger partial charge on any atom is 0.432 e. The largest absolute Gasteiger partial charge is 0.432 e. The van der Waals surface area contributed by atoms with Crippen LogP contribution in [0.2, 0.25) is 0 Å². The minimum absolute atomic E-state index is 0.00212. The number of alkyl halides is 3. The number of halogens is 3. The maximum atomic E-state index is 12.2. The van der Waals surface area contributed by atoms with Crippen LogP contribution in [0.25, 0.3) is 11.9 Å². The summed E-state index contributed by atoms with van der Waals surface area (Å²) in [5.74, 6) is 0.638. The van der Waals surface area contributed by atoms with Crippen molar-refractivity contribution in [2.75, 3.05) is 0 Å². The molecular formula is C15H15F3N6. The van der Waals surface area contributed by atoms with Crippen molar-refractivity contribution in [2.45, 2.75) is 19.6 Å². The predicted octanol–water partition coefficient (Wildman–Crippen LogP) is 3.75. The molecule has 0 saturated heterocycles. The molecule has 0 radical (unpaired) electrons. The molecule has 24 heavy (non-hydrogen) atoms. The Balaban J connectivity index is 2.12.